The van der Waals surface area contributed by atoms with Gasteiger partial charge in [-0.25, -0.2) is 4.39 Å². The number of carbonyl (C=O) groups excluding carboxylic acids is 1. The van der Waals surface area contributed by atoms with Gasteiger partial charge in [0.25, 0.3) is 0 Å². The summed E-state index contributed by atoms with van der Waals surface area (Å²) in [5, 5.41) is 7.13. The molecule has 1 aliphatic rings. The molecule has 1 amide bonds. The molecule has 1 saturated carbocycles. The van der Waals surface area contributed by atoms with Gasteiger partial charge in [0.15, 0.2) is 5.76 Å². The van der Waals surface area contributed by atoms with Gasteiger partial charge < -0.3 is 9.84 Å². The number of hydrogen-bond donors (Lipinski definition) is 1. The van der Waals surface area contributed by atoms with Gasteiger partial charge in [0, 0.05) is 18.2 Å². The Labute approximate surface area is 151 Å². The Morgan fingerprint density at radius 1 is 1.12 bits per heavy atom. The molecule has 1 aliphatic carbocycles. The summed E-state index contributed by atoms with van der Waals surface area (Å²) in [7, 11) is 0. The van der Waals surface area contributed by atoms with E-state index in [1.807, 2.05) is 36.4 Å². The van der Waals surface area contributed by atoms with Crippen molar-refractivity contribution in [2.24, 2.45) is 0 Å². The average molecular weight is 350 g/mol. The lowest BCUT2D eigenvalue weighted by Gasteiger charge is -2.12. The van der Waals surface area contributed by atoms with Crippen LogP contribution in [0.1, 0.15) is 24.1 Å². The number of nitrogens with one attached hydrogen (secondary N) is 1. The molecule has 0 atom stereocenters. The number of hydrogen-bond acceptors (Lipinski definition) is 3. The molecule has 1 N–H and O–H groups in total. The highest BCUT2D eigenvalue weighted by Crippen LogP contribution is 2.48. The second-order valence-electron chi connectivity index (χ2n) is 6.66. The minimum Gasteiger partial charge on any atom is -0.356 e. The fourth-order valence-electron chi connectivity index (χ4n) is 3.10. The van der Waals surface area contributed by atoms with E-state index in [4.69, 9.17) is 4.52 Å². The van der Waals surface area contributed by atoms with E-state index in [-0.39, 0.29) is 11.7 Å². The molecule has 1 heterocycles. The van der Waals surface area contributed by atoms with Gasteiger partial charge in [-0.15, -0.1) is 0 Å². The number of amides is 1. The molecule has 5 heteroatoms. The standard InChI is InChI=1S/C21H19FN2O2/c22-17-8-6-15(7-9-17)10-13-23-20(25)21(11-12-21)19-14-18(26-24-19)16-4-2-1-3-5-16/h1-9,14H,10-13H2,(H,23,25). The Bertz CT molecular complexity index is 899. The summed E-state index contributed by atoms with van der Waals surface area (Å²) in [6.07, 6.45) is 2.21. The summed E-state index contributed by atoms with van der Waals surface area (Å²) in [6.45, 7) is 0.510. The number of nitrogens with zero attached hydrogens (tertiary/aromatic N) is 1. The van der Waals surface area contributed by atoms with Crippen molar-refractivity contribution in [2.75, 3.05) is 6.54 Å². The van der Waals surface area contributed by atoms with Crippen molar-refractivity contribution in [1.29, 1.82) is 0 Å². The molecular formula is C21H19FN2O2. The minimum atomic E-state index is -0.570. The number of benzene rings is 2. The van der Waals surface area contributed by atoms with Crippen LogP contribution in [0.25, 0.3) is 11.3 Å². The molecular weight excluding hydrogens is 331 g/mol. The maximum Gasteiger partial charge on any atom is 0.232 e. The highest BCUT2D eigenvalue weighted by Gasteiger charge is 2.53. The molecule has 0 spiro atoms. The van der Waals surface area contributed by atoms with E-state index in [0.29, 0.717) is 24.4 Å². The summed E-state index contributed by atoms with van der Waals surface area (Å²) in [5.74, 6) is 0.397. The smallest absolute Gasteiger partial charge is 0.232 e. The van der Waals surface area contributed by atoms with Crippen molar-refractivity contribution in [3.05, 3.63) is 77.7 Å². The van der Waals surface area contributed by atoms with Gasteiger partial charge in [0.2, 0.25) is 5.91 Å². The number of rotatable bonds is 6. The van der Waals surface area contributed by atoms with Crippen molar-refractivity contribution in [3.8, 4) is 11.3 Å². The Morgan fingerprint density at radius 2 is 1.85 bits per heavy atom. The van der Waals surface area contributed by atoms with Gasteiger partial charge in [-0.3, -0.25) is 4.79 Å². The molecule has 0 saturated heterocycles. The quantitative estimate of drug-likeness (QED) is 0.734. The average Bonchev–Trinajstić information content (AvgIpc) is 3.34. The highest BCUT2D eigenvalue weighted by molar-refractivity contribution is 5.91. The lowest BCUT2D eigenvalue weighted by molar-refractivity contribution is -0.123. The van der Waals surface area contributed by atoms with E-state index >= 15 is 0 Å². The summed E-state index contributed by atoms with van der Waals surface area (Å²) in [6, 6.07) is 17.9. The first-order valence-corrected chi connectivity index (χ1v) is 8.73. The first-order valence-electron chi connectivity index (χ1n) is 8.73. The fraction of sp³-hybridized carbons (Fsp3) is 0.238. The van der Waals surface area contributed by atoms with E-state index in [2.05, 4.69) is 10.5 Å². The van der Waals surface area contributed by atoms with Crippen molar-refractivity contribution in [1.82, 2.24) is 10.5 Å². The van der Waals surface area contributed by atoms with Gasteiger partial charge >= 0.3 is 0 Å². The van der Waals surface area contributed by atoms with E-state index in [9.17, 15) is 9.18 Å². The van der Waals surface area contributed by atoms with E-state index in [1.54, 1.807) is 12.1 Å². The van der Waals surface area contributed by atoms with E-state index in [1.165, 1.54) is 12.1 Å². The van der Waals surface area contributed by atoms with Crippen molar-refractivity contribution in [2.45, 2.75) is 24.7 Å². The Balaban J connectivity index is 1.40. The third-order valence-electron chi connectivity index (χ3n) is 4.86. The predicted octanol–water partition coefficient (Wildman–Crippen LogP) is 3.87. The van der Waals surface area contributed by atoms with Crippen LogP contribution in [0.5, 0.6) is 0 Å². The molecule has 1 fully saturated rings. The van der Waals surface area contributed by atoms with Crippen LogP contribution in [0.2, 0.25) is 0 Å². The molecule has 2 aromatic carbocycles. The van der Waals surface area contributed by atoms with Crippen molar-refractivity contribution in [3.63, 3.8) is 0 Å². The topological polar surface area (TPSA) is 55.1 Å². The van der Waals surface area contributed by atoms with Crippen LogP contribution in [0.3, 0.4) is 0 Å². The Hall–Kier alpha value is -2.95. The van der Waals surface area contributed by atoms with E-state index in [0.717, 1.165) is 24.0 Å². The van der Waals surface area contributed by atoms with Crippen molar-refractivity contribution < 1.29 is 13.7 Å². The summed E-state index contributed by atoms with van der Waals surface area (Å²) >= 11 is 0. The van der Waals surface area contributed by atoms with Gasteiger partial charge in [0.1, 0.15) is 5.82 Å². The van der Waals surface area contributed by atoms with Crippen LogP contribution in [0, 0.1) is 5.82 Å². The van der Waals surface area contributed by atoms with Gasteiger partial charge in [0.05, 0.1) is 11.1 Å². The lowest BCUT2D eigenvalue weighted by Crippen LogP contribution is -2.36. The van der Waals surface area contributed by atoms with Gasteiger partial charge in [-0.2, -0.15) is 0 Å². The molecule has 1 aromatic heterocycles. The van der Waals surface area contributed by atoms with Crippen LogP contribution < -0.4 is 5.32 Å². The van der Waals surface area contributed by atoms with Crippen LogP contribution in [-0.2, 0) is 16.6 Å². The van der Waals surface area contributed by atoms with Gasteiger partial charge in [-0.05, 0) is 37.0 Å². The van der Waals surface area contributed by atoms with Gasteiger partial charge in [-0.1, -0.05) is 47.6 Å². The molecule has 0 aliphatic heterocycles. The zero-order valence-corrected chi connectivity index (χ0v) is 14.2. The summed E-state index contributed by atoms with van der Waals surface area (Å²) < 4.78 is 18.4. The molecule has 4 rings (SSSR count). The normalized spacial score (nSPS) is 14.8. The third kappa shape index (κ3) is 3.25. The first kappa shape index (κ1) is 16.5. The molecule has 132 valence electrons. The van der Waals surface area contributed by atoms with Crippen molar-refractivity contribution >= 4 is 5.91 Å². The largest absolute Gasteiger partial charge is 0.356 e. The number of halogens is 1. The predicted molar refractivity (Wildman–Crippen MR) is 96.0 cm³/mol. The Kier molecular flexibility index (Phi) is 4.29. The third-order valence-corrected chi connectivity index (χ3v) is 4.86. The number of carbonyl (C=O) groups is 1. The second kappa shape index (κ2) is 6.75. The molecule has 26 heavy (non-hydrogen) atoms. The minimum absolute atomic E-state index is 0.0208. The maximum atomic E-state index is 12.9. The summed E-state index contributed by atoms with van der Waals surface area (Å²) in [5.41, 5.74) is 2.05. The SMILES string of the molecule is O=C(NCCc1ccc(F)cc1)C1(c2cc(-c3ccccc3)on2)CC1. The van der Waals surface area contributed by atoms with E-state index < -0.39 is 5.41 Å². The molecule has 0 radical (unpaired) electrons. The van der Waals surface area contributed by atoms with Crippen LogP contribution in [0.4, 0.5) is 4.39 Å². The zero-order chi connectivity index (χ0) is 18.0. The molecule has 0 bridgehead atoms. The molecule has 3 aromatic rings. The second-order valence-corrected chi connectivity index (χ2v) is 6.66. The highest BCUT2D eigenvalue weighted by atomic mass is 19.1. The monoisotopic (exact) mass is 350 g/mol. The molecule has 0 unspecified atom stereocenters. The zero-order valence-electron chi connectivity index (χ0n) is 14.2. The maximum absolute atomic E-state index is 12.9. The van der Waals surface area contributed by atoms with Crippen LogP contribution in [-0.4, -0.2) is 17.6 Å². The number of aromatic nitrogens is 1. The van der Waals surface area contributed by atoms with Crippen LogP contribution >= 0.6 is 0 Å². The fourth-order valence-corrected chi connectivity index (χ4v) is 3.10. The first-order chi connectivity index (χ1) is 12.7. The van der Waals surface area contributed by atoms with Crippen LogP contribution in [0.15, 0.2) is 65.2 Å². The lowest BCUT2D eigenvalue weighted by atomic mass is 10.00. The Morgan fingerprint density at radius 3 is 2.54 bits per heavy atom. The summed E-state index contributed by atoms with van der Waals surface area (Å²) in [4.78, 5) is 12.7. The molecule has 4 nitrogen and oxygen atoms in total.